The Labute approximate surface area is 181 Å². The molecule has 8 heteroatoms. The molecule has 2 N–H and O–H groups in total. The normalized spacial score (nSPS) is 24.2. The highest BCUT2D eigenvalue weighted by Crippen LogP contribution is 2.45. The van der Waals surface area contributed by atoms with Crippen molar-refractivity contribution in [1.29, 1.82) is 0 Å². The summed E-state index contributed by atoms with van der Waals surface area (Å²) in [4.78, 5) is 38.3. The molecule has 164 valence electrons. The molecule has 3 rings (SSSR count). The lowest BCUT2D eigenvalue weighted by Crippen LogP contribution is -2.45. The summed E-state index contributed by atoms with van der Waals surface area (Å²) in [5.74, 6) is 0.161. The number of likely N-dealkylation sites (tertiary alicyclic amines) is 1. The molecule has 2 heterocycles. The molecular weight excluding hydrogens is 404 g/mol. The fourth-order valence-corrected chi connectivity index (χ4v) is 5.87. The molecule has 3 atom stereocenters. The van der Waals surface area contributed by atoms with Crippen molar-refractivity contribution in [3.8, 4) is 0 Å². The van der Waals surface area contributed by atoms with E-state index in [4.69, 9.17) is 4.74 Å². The minimum Gasteiger partial charge on any atom is -0.480 e. The van der Waals surface area contributed by atoms with Crippen LogP contribution in [0.5, 0.6) is 0 Å². The number of hydrogen-bond donors (Lipinski definition) is 2. The van der Waals surface area contributed by atoms with Crippen LogP contribution in [0.2, 0.25) is 0 Å². The number of benzene rings is 1. The number of amides is 1. The standard InChI is InChI=1S/C22H30N2O5S/c1-2-29-21(28)17(16-6-4-3-5-7-16)8-10-23-13-19(25)24-14-22(9-11-30-15-22)12-18(24)20(26)27/h3-7,17-18,23H,2,8-15H2,1H3,(H,26,27). The number of ether oxygens (including phenoxy) is 1. The van der Waals surface area contributed by atoms with Crippen LogP contribution in [-0.2, 0) is 19.1 Å². The van der Waals surface area contributed by atoms with Gasteiger partial charge in [-0.2, -0.15) is 11.8 Å². The average Bonchev–Trinajstić information content (AvgIpc) is 3.36. The van der Waals surface area contributed by atoms with Crippen LogP contribution in [0.25, 0.3) is 0 Å². The molecule has 30 heavy (non-hydrogen) atoms. The fourth-order valence-electron chi connectivity index (χ4n) is 4.37. The van der Waals surface area contributed by atoms with E-state index in [0.29, 0.717) is 32.5 Å². The summed E-state index contributed by atoms with van der Waals surface area (Å²) >= 11 is 1.84. The van der Waals surface area contributed by atoms with Gasteiger partial charge in [0, 0.05) is 17.7 Å². The van der Waals surface area contributed by atoms with Gasteiger partial charge in [0.2, 0.25) is 5.91 Å². The molecule has 0 aliphatic carbocycles. The van der Waals surface area contributed by atoms with Gasteiger partial charge in [-0.05, 0) is 44.0 Å². The zero-order valence-corrected chi connectivity index (χ0v) is 18.2. The number of carboxylic acid groups (broad SMARTS) is 1. The average molecular weight is 435 g/mol. The maximum Gasteiger partial charge on any atom is 0.326 e. The Kier molecular flexibility index (Phi) is 7.77. The predicted octanol–water partition coefficient (Wildman–Crippen LogP) is 2.12. The summed E-state index contributed by atoms with van der Waals surface area (Å²) in [6.07, 6.45) is 2.01. The molecule has 2 fully saturated rings. The van der Waals surface area contributed by atoms with Gasteiger partial charge in [0.05, 0.1) is 19.1 Å². The van der Waals surface area contributed by atoms with Gasteiger partial charge in [-0.15, -0.1) is 0 Å². The first-order chi connectivity index (χ1) is 14.5. The second kappa shape index (κ2) is 10.3. The molecule has 1 aromatic rings. The number of hydrogen-bond acceptors (Lipinski definition) is 6. The number of carbonyl (C=O) groups excluding carboxylic acids is 2. The Balaban J connectivity index is 1.53. The van der Waals surface area contributed by atoms with E-state index in [1.54, 1.807) is 6.92 Å². The monoisotopic (exact) mass is 434 g/mol. The summed E-state index contributed by atoms with van der Waals surface area (Å²) in [6.45, 7) is 3.14. The second-order valence-electron chi connectivity index (χ2n) is 8.06. The van der Waals surface area contributed by atoms with Gasteiger partial charge in [-0.25, -0.2) is 4.79 Å². The van der Waals surface area contributed by atoms with Crippen LogP contribution in [0.15, 0.2) is 30.3 Å². The van der Waals surface area contributed by atoms with Crippen LogP contribution >= 0.6 is 11.8 Å². The summed E-state index contributed by atoms with van der Waals surface area (Å²) in [6, 6.07) is 8.72. The van der Waals surface area contributed by atoms with Gasteiger partial charge >= 0.3 is 11.9 Å². The maximum absolute atomic E-state index is 12.8. The Bertz CT molecular complexity index is 751. The van der Waals surface area contributed by atoms with Crippen LogP contribution < -0.4 is 5.32 Å². The third-order valence-corrected chi connectivity index (χ3v) is 7.27. The van der Waals surface area contributed by atoms with Gasteiger partial charge in [-0.1, -0.05) is 30.3 Å². The molecule has 2 aliphatic heterocycles. The van der Waals surface area contributed by atoms with E-state index in [1.165, 1.54) is 4.90 Å². The Hall–Kier alpha value is -2.06. The lowest BCUT2D eigenvalue weighted by molar-refractivity contribution is -0.148. The predicted molar refractivity (Wildman–Crippen MR) is 115 cm³/mol. The van der Waals surface area contributed by atoms with Crippen molar-refractivity contribution in [2.75, 3.05) is 37.7 Å². The first-order valence-electron chi connectivity index (χ1n) is 10.5. The summed E-state index contributed by atoms with van der Waals surface area (Å²) in [5, 5.41) is 12.7. The van der Waals surface area contributed by atoms with Crippen molar-refractivity contribution in [3.63, 3.8) is 0 Å². The Morgan fingerprint density at radius 1 is 1.33 bits per heavy atom. The van der Waals surface area contributed by atoms with E-state index < -0.39 is 17.9 Å². The van der Waals surface area contributed by atoms with Crippen molar-refractivity contribution < 1.29 is 24.2 Å². The largest absolute Gasteiger partial charge is 0.480 e. The first kappa shape index (κ1) is 22.6. The number of aliphatic carboxylic acids is 1. The van der Waals surface area contributed by atoms with Crippen molar-refractivity contribution in [1.82, 2.24) is 10.2 Å². The Morgan fingerprint density at radius 2 is 2.10 bits per heavy atom. The topological polar surface area (TPSA) is 95.9 Å². The molecule has 0 saturated carbocycles. The number of carboxylic acids is 1. The molecule has 0 radical (unpaired) electrons. The maximum atomic E-state index is 12.8. The summed E-state index contributed by atoms with van der Waals surface area (Å²) in [7, 11) is 0. The lowest BCUT2D eigenvalue weighted by atomic mass is 9.85. The van der Waals surface area contributed by atoms with E-state index in [1.807, 2.05) is 42.1 Å². The van der Waals surface area contributed by atoms with Crippen molar-refractivity contribution in [3.05, 3.63) is 35.9 Å². The van der Waals surface area contributed by atoms with E-state index in [-0.39, 0.29) is 23.8 Å². The van der Waals surface area contributed by atoms with Gasteiger partial charge in [-0.3, -0.25) is 9.59 Å². The van der Waals surface area contributed by atoms with E-state index >= 15 is 0 Å². The molecule has 1 aromatic carbocycles. The SMILES string of the molecule is CCOC(=O)C(CCNCC(=O)N1CC2(CCSC2)CC1C(=O)O)c1ccccc1. The van der Waals surface area contributed by atoms with Crippen LogP contribution in [0, 0.1) is 5.41 Å². The summed E-state index contributed by atoms with van der Waals surface area (Å²) < 4.78 is 5.20. The van der Waals surface area contributed by atoms with Crippen molar-refractivity contribution in [2.24, 2.45) is 5.41 Å². The third-order valence-electron chi connectivity index (χ3n) is 5.96. The fraction of sp³-hybridized carbons (Fsp3) is 0.591. The van der Waals surface area contributed by atoms with E-state index in [9.17, 15) is 19.5 Å². The van der Waals surface area contributed by atoms with Crippen LogP contribution in [0.4, 0.5) is 0 Å². The van der Waals surface area contributed by atoms with E-state index in [0.717, 1.165) is 23.5 Å². The number of esters is 1. The smallest absolute Gasteiger partial charge is 0.326 e. The summed E-state index contributed by atoms with van der Waals surface area (Å²) in [5.41, 5.74) is 0.835. The van der Waals surface area contributed by atoms with Gasteiger partial charge in [0.25, 0.3) is 0 Å². The number of nitrogens with zero attached hydrogens (tertiary/aromatic N) is 1. The van der Waals surface area contributed by atoms with E-state index in [2.05, 4.69) is 5.32 Å². The van der Waals surface area contributed by atoms with Crippen LogP contribution in [0.3, 0.4) is 0 Å². The molecular formula is C22H30N2O5S. The molecule has 7 nitrogen and oxygen atoms in total. The number of rotatable bonds is 9. The van der Waals surface area contributed by atoms with Gasteiger partial charge < -0.3 is 20.1 Å². The quantitative estimate of drug-likeness (QED) is 0.454. The Morgan fingerprint density at radius 3 is 2.73 bits per heavy atom. The van der Waals surface area contributed by atoms with Gasteiger partial charge in [0.15, 0.2) is 0 Å². The highest BCUT2D eigenvalue weighted by molar-refractivity contribution is 7.99. The molecule has 0 aromatic heterocycles. The van der Waals surface area contributed by atoms with Crippen molar-refractivity contribution >= 4 is 29.6 Å². The van der Waals surface area contributed by atoms with Crippen LogP contribution in [-0.4, -0.2) is 71.6 Å². The molecule has 3 unspecified atom stereocenters. The molecule has 2 aliphatic rings. The first-order valence-corrected chi connectivity index (χ1v) is 11.6. The highest BCUT2D eigenvalue weighted by atomic mass is 32.2. The number of thioether (sulfide) groups is 1. The van der Waals surface area contributed by atoms with Crippen molar-refractivity contribution in [2.45, 2.75) is 38.1 Å². The molecule has 1 spiro atoms. The zero-order chi connectivity index (χ0) is 21.6. The molecule has 2 saturated heterocycles. The number of nitrogens with one attached hydrogen (secondary N) is 1. The zero-order valence-electron chi connectivity index (χ0n) is 17.3. The third kappa shape index (κ3) is 5.35. The molecule has 0 bridgehead atoms. The molecule has 1 amide bonds. The number of carbonyl (C=O) groups is 3. The van der Waals surface area contributed by atoms with Gasteiger partial charge in [0.1, 0.15) is 6.04 Å². The minimum atomic E-state index is -0.927. The van der Waals surface area contributed by atoms with Crippen LogP contribution in [0.1, 0.15) is 37.7 Å². The highest BCUT2D eigenvalue weighted by Gasteiger charge is 2.49. The minimum absolute atomic E-state index is 0.0499. The second-order valence-corrected chi connectivity index (χ2v) is 9.17. The lowest BCUT2D eigenvalue weighted by Gasteiger charge is -2.24.